The first-order valence-corrected chi connectivity index (χ1v) is 6.15. The quantitative estimate of drug-likeness (QED) is 0.517. The highest BCUT2D eigenvalue weighted by Gasteiger charge is 2.02. The van der Waals surface area contributed by atoms with E-state index in [0.717, 1.165) is 39.4 Å². The molecule has 0 rings (SSSR count). The second-order valence-electron chi connectivity index (χ2n) is 4.20. The number of hydrogen-bond donors (Lipinski definition) is 0. The minimum Gasteiger partial charge on any atom is -0.380 e. The average molecular weight is 216 g/mol. The molecule has 15 heavy (non-hydrogen) atoms. The van der Waals surface area contributed by atoms with Crippen LogP contribution in [0.2, 0.25) is 0 Å². The Morgan fingerprint density at radius 1 is 0.933 bits per heavy atom. The van der Waals surface area contributed by atoms with Gasteiger partial charge in [0.15, 0.2) is 0 Å². The molecule has 0 amide bonds. The first-order valence-electron chi connectivity index (χ1n) is 6.15. The third kappa shape index (κ3) is 10.2. The van der Waals surface area contributed by atoms with Crippen molar-refractivity contribution >= 4 is 0 Å². The number of likely N-dealkylation sites (N-methyl/N-ethyl adjacent to an activating group) is 2. The largest absolute Gasteiger partial charge is 0.380 e. The van der Waals surface area contributed by atoms with Gasteiger partial charge in [-0.05, 0) is 27.1 Å². The summed E-state index contributed by atoms with van der Waals surface area (Å²) in [6.07, 6.45) is 2.40. The fraction of sp³-hybridized carbons (Fsp3) is 1.00. The standard InChI is InChI=1S/C12H28N2O/c1-5-7-11-15-12-10-14(6-2)9-8-13(3)4/h5-12H2,1-4H3. The predicted molar refractivity (Wildman–Crippen MR) is 66.4 cm³/mol. The topological polar surface area (TPSA) is 15.7 Å². The van der Waals surface area contributed by atoms with Gasteiger partial charge in [0, 0.05) is 26.2 Å². The van der Waals surface area contributed by atoms with Crippen LogP contribution < -0.4 is 0 Å². The predicted octanol–water partition coefficient (Wildman–Crippen LogP) is 1.69. The number of unbranched alkanes of at least 4 members (excludes halogenated alkanes) is 1. The van der Waals surface area contributed by atoms with Crippen molar-refractivity contribution in [1.82, 2.24) is 9.80 Å². The van der Waals surface area contributed by atoms with E-state index in [1.54, 1.807) is 0 Å². The lowest BCUT2D eigenvalue weighted by Gasteiger charge is -2.22. The van der Waals surface area contributed by atoms with Crippen LogP contribution in [0.1, 0.15) is 26.7 Å². The molecule has 92 valence electrons. The average Bonchev–Trinajstić information content (AvgIpc) is 2.22. The van der Waals surface area contributed by atoms with Gasteiger partial charge >= 0.3 is 0 Å². The SMILES string of the molecule is CCCCOCCN(CC)CCN(C)C. The first kappa shape index (κ1) is 14.9. The molecule has 0 spiro atoms. The summed E-state index contributed by atoms with van der Waals surface area (Å²) in [5.41, 5.74) is 0. The van der Waals surface area contributed by atoms with Gasteiger partial charge in [-0.25, -0.2) is 0 Å². The summed E-state index contributed by atoms with van der Waals surface area (Å²) in [4.78, 5) is 4.66. The molecule has 0 aromatic rings. The molecule has 0 fully saturated rings. The Morgan fingerprint density at radius 2 is 1.67 bits per heavy atom. The Bertz CT molecular complexity index is 129. The smallest absolute Gasteiger partial charge is 0.0593 e. The molecule has 3 nitrogen and oxygen atoms in total. The van der Waals surface area contributed by atoms with E-state index in [1.165, 1.54) is 12.8 Å². The van der Waals surface area contributed by atoms with Crippen molar-refractivity contribution in [1.29, 1.82) is 0 Å². The molecule has 0 heterocycles. The van der Waals surface area contributed by atoms with Crippen LogP contribution in [-0.4, -0.2) is 63.3 Å². The lowest BCUT2D eigenvalue weighted by molar-refractivity contribution is 0.101. The van der Waals surface area contributed by atoms with Crippen molar-refractivity contribution in [2.45, 2.75) is 26.7 Å². The van der Waals surface area contributed by atoms with E-state index in [-0.39, 0.29) is 0 Å². The number of ether oxygens (including phenoxy) is 1. The van der Waals surface area contributed by atoms with Gasteiger partial charge in [0.05, 0.1) is 6.61 Å². The molecule has 0 N–H and O–H groups in total. The van der Waals surface area contributed by atoms with Crippen molar-refractivity contribution in [3.05, 3.63) is 0 Å². The number of rotatable bonds is 10. The highest BCUT2D eigenvalue weighted by Crippen LogP contribution is 1.91. The van der Waals surface area contributed by atoms with Gasteiger partial charge in [-0.2, -0.15) is 0 Å². The lowest BCUT2D eigenvalue weighted by atomic mass is 10.4. The van der Waals surface area contributed by atoms with E-state index in [2.05, 4.69) is 37.7 Å². The monoisotopic (exact) mass is 216 g/mol. The first-order chi connectivity index (χ1) is 7.20. The van der Waals surface area contributed by atoms with Gasteiger partial charge in [0.1, 0.15) is 0 Å². The van der Waals surface area contributed by atoms with Gasteiger partial charge in [0.25, 0.3) is 0 Å². The maximum atomic E-state index is 5.56. The molecule has 0 unspecified atom stereocenters. The second-order valence-corrected chi connectivity index (χ2v) is 4.20. The van der Waals surface area contributed by atoms with Crippen molar-refractivity contribution < 1.29 is 4.74 Å². The van der Waals surface area contributed by atoms with Gasteiger partial charge in [-0.15, -0.1) is 0 Å². The zero-order valence-electron chi connectivity index (χ0n) is 11.0. The normalized spacial score (nSPS) is 11.6. The molecule has 3 heteroatoms. The number of nitrogens with zero attached hydrogens (tertiary/aromatic N) is 2. The highest BCUT2D eigenvalue weighted by molar-refractivity contribution is 4.56. The Labute approximate surface area is 95.4 Å². The minimum absolute atomic E-state index is 0.876. The Morgan fingerprint density at radius 3 is 2.20 bits per heavy atom. The van der Waals surface area contributed by atoms with Crippen LogP contribution >= 0.6 is 0 Å². The van der Waals surface area contributed by atoms with Crippen LogP contribution in [0.5, 0.6) is 0 Å². The van der Waals surface area contributed by atoms with Crippen molar-refractivity contribution in [2.75, 3.05) is 53.5 Å². The second kappa shape index (κ2) is 10.4. The number of hydrogen-bond acceptors (Lipinski definition) is 3. The summed E-state index contributed by atoms with van der Waals surface area (Å²) in [5, 5.41) is 0. The third-order valence-corrected chi connectivity index (χ3v) is 2.50. The summed E-state index contributed by atoms with van der Waals surface area (Å²) in [6, 6.07) is 0. The molecule has 0 aliphatic rings. The lowest BCUT2D eigenvalue weighted by Crippen LogP contribution is -2.34. The van der Waals surface area contributed by atoms with Crippen LogP contribution in [0.25, 0.3) is 0 Å². The Kier molecular flexibility index (Phi) is 10.3. The summed E-state index contributed by atoms with van der Waals surface area (Å²) < 4.78 is 5.56. The Hall–Kier alpha value is -0.120. The molecule has 0 aromatic heterocycles. The zero-order valence-corrected chi connectivity index (χ0v) is 11.0. The maximum absolute atomic E-state index is 5.56. The van der Waals surface area contributed by atoms with E-state index in [9.17, 15) is 0 Å². The van der Waals surface area contributed by atoms with Crippen molar-refractivity contribution in [3.8, 4) is 0 Å². The highest BCUT2D eigenvalue weighted by atomic mass is 16.5. The molecule has 0 bridgehead atoms. The van der Waals surface area contributed by atoms with Crippen LogP contribution in [0.15, 0.2) is 0 Å². The van der Waals surface area contributed by atoms with Gasteiger partial charge < -0.3 is 14.5 Å². The van der Waals surface area contributed by atoms with E-state index in [1.807, 2.05) is 0 Å². The minimum atomic E-state index is 0.876. The molecule has 0 aliphatic heterocycles. The van der Waals surface area contributed by atoms with Gasteiger partial charge in [-0.1, -0.05) is 20.3 Å². The van der Waals surface area contributed by atoms with Crippen LogP contribution in [0, 0.1) is 0 Å². The molecular weight excluding hydrogens is 188 g/mol. The summed E-state index contributed by atoms with van der Waals surface area (Å²) in [6.45, 7) is 10.6. The van der Waals surface area contributed by atoms with E-state index in [4.69, 9.17) is 4.74 Å². The van der Waals surface area contributed by atoms with E-state index in [0.29, 0.717) is 0 Å². The van der Waals surface area contributed by atoms with Crippen molar-refractivity contribution in [3.63, 3.8) is 0 Å². The van der Waals surface area contributed by atoms with E-state index < -0.39 is 0 Å². The fourth-order valence-corrected chi connectivity index (χ4v) is 1.31. The van der Waals surface area contributed by atoms with Crippen LogP contribution in [0.4, 0.5) is 0 Å². The van der Waals surface area contributed by atoms with Gasteiger partial charge in [0.2, 0.25) is 0 Å². The fourth-order valence-electron chi connectivity index (χ4n) is 1.31. The summed E-state index contributed by atoms with van der Waals surface area (Å²) >= 11 is 0. The third-order valence-electron chi connectivity index (χ3n) is 2.50. The maximum Gasteiger partial charge on any atom is 0.0593 e. The molecule has 0 atom stereocenters. The summed E-state index contributed by atoms with van der Waals surface area (Å²) in [5.74, 6) is 0. The van der Waals surface area contributed by atoms with Crippen LogP contribution in [-0.2, 0) is 4.74 Å². The molecule has 0 saturated carbocycles. The molecule has 0 aliphatic carbocycles. The zero-order chi connectivity index (χ0) is 11.5. The molecule has 0 saturated heterocycles. The van der Waals surface area contributed by atoms with Crippen LogP contribution in [0.3, 0.4) is 0 Å². The van der Waals surface area contributed by atoms with E-state index >= 15 is 0 Å². The molecule has 0 radical (unpaired) electrons. The van der Waals surface area contributed by atoms with Gasteiger partial charge in [-0.3, -0.25) is 0 Å². The Balaban J connectivity index is 3.36. The molecule has 0 aromatic carbocycles. The molecular formula is C12H28N2O. The van der Waals surface area contributed by atoms with Crippen molar-refractivity contribution in [2.24, 2.45) is 0 Å². The summed E-state index contributed by atoms with van der Waals surface area (Å²) in [7, 11) is 4.23.